The zero-order valence-electron chi connectivity index (χ0n) is 10.9. The summed E-state index contributed by atoms with van der Waals surface area (Å²) in [5, 5.41) is 11.1. The van der Waals surface area contributed by atoms with Gasteiger partial charge in [0, 0.05) is 5.92 Å². The molecule has 1 rings (SSSR count). The van der Waals surface area contributed by atoms with Crippen molar-refractivity contribution in [1.29, 1.82) is 0 Å². The van der Waals surface area contributed by atoms with Crippen LogP contribution in [0.1, 0.15) is 40.0 Å². The Hall–Kier alpha value is -1.59. The SMILES string of the molecule is CC(C)(C)OC(=O)N[C@H]1CC[C@@H](CC(=O)O)C1=O. The van der Waals surface area contributed by atoms with Crippen molar-refractivity contribution < 1.29 is 24.2 Å². The lowest BCUT2D eigenvalue weighted by Crippen LogP contribution is -2.42. The third-order valence-corrected chi connectivity index (χ3v) is 2.66. The summed E-state index contributed by atoms with van der Waals surface area (Å²) in [6.07, 6.45) is 0.143. The van der Waals surface area contributed by atoms with E-state index < -0.39 is 29.6 Å². The first-order chi connectivity index (χ1) is 8.19. The van der Waals surface area contributed by atoms with Crippen LogP contribution in [0.4, 0.5) is 4.79 Å². The number of carboxylic acids is 1. The topological polar surface area (TPSA) is 92.7 Å². The van der Waals surface area contributed by atoms with Crippen molar-refractivity contribution in [3.8, 4) is 0 Å². The lowest BCUT2D eigenvalue weighted by atomic mass is 10.0. The average Bonchev–Trinajstić information content (AvgIpc) is 2.46. The predicted molar refractivity (Wildman–Crippen MR) is 63.1 cm³/mol. The van der Waals surface area contributed by atoms with E-state index in [2.05, 4.69) is 5.32 Å². The van der Waals surface area contributed by atoms with E-state index in [1.807, 2.05) is 0 Å². The highest BCUT2D eigenvalue weighted by Gasteiger charge is 2.36. The second-order valence-electron chi connectivity index (χ2n) is 5.47. The van der Waals surface area contributed by atoms with Crippen LogP contribution in [0, 0.1) is 5.92 Å². The standard InChI is InChI=1S/C12H19NO5/c1-12(2,3)18-11(17)13-8-5-4-7(10(8)16)6-9(14)15/h7-8H,4-6H2,1-3H3,(H,13,17)(H,14,15)/t7-,8-/m0/s1. The van der Waals surface area contributed by atoms with Gasteiger partial charge in [-0.2, -0.15) is 0 Å². The fraction of sp³-hybridized carbons (Fsp3) is 0.750. The van der Waals surface area contributed by atoms with Crippen molar-refractivity contribution in [2.75, 3.05) is 0 Å². The van der Waals surface area contributed by atoms with Gasteiger partial charge in [0.2, 0.25) is 0 Å². The molecule has 0 aromatic carbocycles. The number of Topliss-reactive ketones (excluding diaryl/α,β-unsaturated/α-hetero) is 1. The van der Waals surface area contributed by atoms with Crippen molar-refractivity contribution >= 4 is 17.8 Å². The van der Waals surface area contributed by atoms with Crippen LogP contribution in [0.3, 0.4) is 0 Å². The quantitative estimate of drug-likeness (QED) is 0.795. The molecular weight excluding hydrogens is 238 g/mol. The van der Waals surface area contributed by atoms with Crippen molar-refractivity contribution in [3.63, 3.8) is 0 Å². The molecule has 1 aliphatic rings. The minimum Gasteiger partial charge on any atom is -0.481 e. The molecule has 1 saturated carbocycles. The summed E-state index contributed by atoms with van der Waals surface area (Å²) in [7, 11) is 0. The molecule has 6 nitrogen and oxygen atoms in total. The van der Waals surface area contributed by atoms with E-state index in [0.717, 1.165) is 0 Å². The van der Waals surface area contributed by atoms with E-state index in [1.54, 1.807) is 20.8 Å². The molecule has 0 aliphatic heterocycles. The number of nitrogens with one attached hydrogen (secondary N) is 1. The maximum Gasteiger partial charge on any atom is 0.408 e. The number of alkyl carbamates (subject to hydrolysis) is 1. The van der Waals surface area contributed by atoms with Crippen LogP contribution >= 0.6 is 0 Å². The van der Waals surface area contributed by atoms with Crippen LogP contribution in [-0.2, 0) is 14.3 Å². The summed E-state index contributed by atoms with van der Waals surface area (Å²) in [6.45, 7) is 5.20. The Morgan fingerprint density at radius 2 is 2.00 bits per heavy atom. The van der Waals surface area contributed by atoms with Gasteiger partial charge in [-0.1, -0.05) is 0 Å². The van der Waals surface area contributed by atoms with Gasteiger partial charge < -0.3 is 15.2 Å². The van der Waals surface area contributed by atoms with Gasteiger partial charge in [0.15, 0.2) is 5.78 Å². The highest BCUT2D eigenvalue weighted by Crippen LogP contribution is 2.25. The van der Waals surface area contributed by atoms with E-state index in [9.17, 15) is 14.4 Å². The van der Waals surface area contributed by atoms with Crippen LogP contribution in [0.5, 0.6) is 0 Å². The molecule has 6 heteroatoms. The molecule has 0 aromatic heterocycles. The van der Waals surface area contributed by atoms with Crippen molar-refractivity contribution in [1.82, 2.24) is 5.32 Å². The number of carboxylic acid groups (broad SMARTS) is 1. The smallest absolute Gasteiger partial charge is 0.408 e. The Bertz CT molecular complexity index is 358. The van der Waals surface area contributed by atoms with E-state index in [4.69, 9.17) is 9.84 Å². The van der Waals surface area contributed by atoms with Crippen LogP contribution in [0.15, 0.2) is 0 Å². The van der Waals surface area contributed by atoms with Gasteiger partial charge in [-0.25, -0.2) is 4.79 Å². The van der Waals surface area contributed by atoms with Crippen LogP contribution in [0.2, 0.25) is 0 Å². The minimum atomic E-state index is -0.994. The molecule has 0 radical (unpaired) electrons. The largest absolute Gasteiger partial charge is 0.481 e. The molecule has 2 atom stereocenters. The molecule has 0 unspecified atom stereocenters. The van der Waals surface area contributed by atoms with Crippen LogP contribution in [-0.4, -0.2) is 34.6 Å². The van der Waals surface area contributed by atoms with E-state index >= 15 is 0 Å². The van der Waals surface area contributed by atoms with Gasteiger partial charge in [0.05, 0.1) is 12.5 Å². The Morgan fingerprint density at radius 3 is 2.50 bits per heavy atom. The van der Waals surface area contributed by atoms with Crippen LogP contribution < -0.4 is 5.32 Å². The number of hydrogen-bond acceptors (Lipinski definition) is 4. The highest BCUT2D eigenvalue weighted by molar-refractivity contribution is 5.93. The minimum absolute atomic E-state index is 0.175. The van der Waals surface area contributed by atoms with Gasteiger partial charge in [-0.3, -0.25) is 9.59 Å². The zero-order valence-corrected chi connectivity index (χ0v) is 10.9. The average molecular weight is 257 g/mol. The van der Waals surface area contributed by atoms with Gasteiger partial charge in [0.25, 0.3) is 0 Å². The van der Waals surface area contributed by atoms with E-state index in [1.165, 1.54) is 0 Å². The summed E-state index contributed by atoms with van der Waals surface area (Å²) in [5.74, 6) is -1.71. The third kappa shape index (κ3) is 4.35. The molecule has 2 N–H and O–H groups in total. The fourth-order valence-electron chi connectivity index (χ4n) is 1.94. The summed E-state index contributed by atoms with van der Waals surface area (Å²) in [4.78, 5) is 33.8. The predicted octanol–water partition coefficient (Wildman–Crippen LogP) is 1.33. The molecule has 102 valence electrons. The Labute approximate surface area is 106 Å². The summed E-state index contributed by atoms with van der Waals surface area (Å²) < 4.78 is 5.05. The normalized spacial score (nSPS) is 23.8. The Balaban J connectivity index is 2.48. The molecule has 1 amide bonds. The molecule has 1 fully saturated rings. The zero-order chi connectivity index (χ0) is 13.9. The van der Waals surface area contributed by atoms with Crippen molar-refractivity contribution in [2.24, 2.45) is 5.92 Å². The first kappa shape index (κ1) is 14.5. The number of carbonyl (C=O) groups excluding carboxylic acids is 2. The molecule has 0 saturated heterocycles. The second-order valence-corrected chi connectivity index (χ2v) is 5.47. The number of amides is 1. The summed E-state index contributed by atoms with van der Waals surface area (Å²) >= 11 is 0. The number of rotatable bonds is 3. The molecule has 0 bridgehead atoms. The summed E-state index contributed by atoms with van der Waals surface area (Å²) in [5.41, 5.74) is -0.619. The van der Waals surface area contributed by atoms with Gasteiger partial charge in [-0.05, 0) is 33.6 Å². The third-order valence-electron chi connectivity index (χ3n) is 2.66. The van der Waals surface area contributed by atoms with Gasteiger partial charge >= 0.3 is 12.1 Å². The molecule has 0 spiro atoms. The van der Waals surface area contributed by atoms with Gasteiger partial charge in [0.1, 0.15) is 5.60 Å². The number of carbonyl (C=O) groups is 3. The number of hydrogen-bond donors (Lipinski definition) is 2. The highest BCUT2D eigenvalue weighted by atomic mass is 16.6. The molecule has 0 heterocycles. The maximum atomic E-state index is 11.8. The lowest BCUT2D eigenvalue weighted by molar-refractivity contribution is -0.140. The molecule has 1 aliphatic carbocycles. The Kier molecular flexibility index (Phi) is 4.32. The van der Waals surface area contributed by atoms with Crippen LogP contribution in [0.25, 0.3) is 0 Å². The van der Waals surface area contributed by atoms with Crippen molar-refractivity contribution in [2.45, 2.75) is 51.7 Å². The summed E-state index contributed by atoms with van der Waals surface area (Å²) in [6, 6.07) is -0.621. The second kappa shape index (κ2) is 5.37. The van der Waals surface area contributed by atoms with E-state index in [0.29, 0.717) is 12.8 Å². The number of ketones is 1. The first-order valence-electron chi connectivity index (χ1n) is 5.94. The number of aliphatic carboxylic acids is 1. The lowest BCUT2D eigenvalue weighted by Gasteiger charge is -2.21. The molecule has 18 heavy (non-hydrogen) atoms. The fourth-order valence-corrected chi connectivity index (χ4v) is 1.94. The van der Waals surface area contributed by atoms with Gasteiger partial charge in [-0.15, -0.1) is 0 Å². The molecule has 0 aromatic rings. The maximum absolute atomic E-state index is 11.8. The molecular formula is C12H19NO5. The first-order valence-corrected chi connectivity index (χ1v) is 5.94. The van der Waals surface area contributed by atoms with Crippen molar-refractivity contribution in [3.05, 3.63) is 0 Å². The monoisotopic (exact) mass is 257 g/mol. The number of ether oxygens (including phenoxy) is 1. The Morgan fingerprint density at radius 1 is 1.39 bits per heavy atom. The van der Waals surface area contributed by atoms with E-state index in [-0.39, 0.29) is 12.2 Å².